The van der Waals surface area contributed by atoms with Crippen molar-refractivity contribution in [3.8, 4) is 0 Å². The number of aromatic nitrogens is 2. The highest BCUT2D eigenvalue weighted by Crippen LogP contribution is 2.11. The van der Waals surface area contributed by atoms with E-state index in [0.717, 1.165) is 42.3 Å². The first kappa shape index (κ1) is 18.0. The van der Waals surface area contributed by atoms with Crippen molar-refractivity contribution in [2.75, 3.05) is 13.1 Å². The van der Waals surface area contributed by atoms with Crippen LogP contribution in [0.1, 0.15) is 28.8 Å². The highest BCUT2D eigenvalue weighted by Gasteiger charge is 2.11. The van der Waals surface area contributed by atoms with E-state index in [1.54, 1.807) is 6.21 Å². The van der Waals surface area contributed by atoms with Crippen LogP contribution in [0.4, 0.5) is 0 Å². The van der Waals surface area contributed by atoms with Gasteiger partial charge in [-0.3, -0.25) is 4.99 Å². The molecule has 2 aromatic heterocycles. The fraction of sp³-hybridized carbons (Fsp3) is 0.227. The third-order valence-corrected chi connectivity index (χ3v) is 4.77. The summed E-state index contributed by atoms with van der Waals surface area (Å²) in [7, 11) is 2.09. The Kier molecular flexibility index (Phi) is 5.19. The van der Waals surface area contributed by atoms with Crippen molar-refractivity contribution in [3.05, 3.63) is 71.2 Å². The molecule has 3 aromatic rings. The van der Waals surface area contributed by atoms with Crippen LogP contribution in [0.3, 0.4) is 0 Å². The van der Waals surface area contributed by atoms with Gasteiger partial charge in [0.15, 0.2) is 5.69 Å². The maximum atomic E-state index is 4.32. The maximum absolute atomic E-state index is 4.32. The molecule has 0 atom stereocenters. The second kappa shape index (κ2) is 8.08. The molecule has 4 rings (SSSR count). The van der Waals surface area contributed by atoms with Crippen LogP contribution >= 0.6 is 0 Å². The van der Waals surface area contributed by atoms with Crippen LogP contribution in [-0.4, -0.2) is 29.8 Å². The summed E-state index contributed by atoms with van der Waals surface area (Å²) in [6.45, 7) is 3.90. The Morgan fingerprint density at radius 3 is 2.71 bits per heavy atom. The number of benzene rings is 1. The fourth-order valence-corrected chi connectivity index (χ4v) is 3.18. The molecule has 0 radical (unpaired) electrons. The van der Waals surface area contributed by atoms with E-state index in [1.165, 1.54) is 11.2 Å². The van der Waals surface area contributed by atoms with E-state index >= 15 is 0 Å². The van der Waals surface area contributed by atoms with Gasteiger partial charge >= 0.3 is 0 Å². The summed E-state index contributed by atoms with van der Waals surface area (Å²) in [4.78, 5) is 4.32. The minimum atomic E-state index is 0.741. The highest BCUT2D eigenvalue weighted by atomic mass is 15.4. The Labute approximate surface area is 164 Å². The van der Waals surface area contributed by atoms with Crippen molar-refractivity contribution in [2.24, 2.45) is 17.1 Å². The zero-order valence-electron chi connectivity index (χ0n) is 16.3. The van der Waals surface area contributed by atoms with E-state index in [-0.39, 0.29) is 0 Å². The van der Waals surface area contributed by atoms with Crippen molar-refractivity contribution in [1.29, 1.82) is 0 Å². The van der Waals surface area contributed by atoms with Gasteiger partial charge in [0.25, 0.3) is 5.65 Å². The smallest absolute Gasteiger partial charge is 0.286 e. The molecular weight excluding hydrogens is 348 g/mol. The lowest BCUT2D eigenvalue weighted by atomic mass is 10.1. The molecule has 3 heterocycles. The van der Waals surface area contributed by atoms with Gasteiger partial charge in [-0.2, -0.15) is 5.10 Å². The molecular formula is C22H25N6+. The Bertz CT molecular complexity index is 1060. The lowest BCUT2D eigenvalue weighted by Crippen LogP contribution is -2.38. The summed E-state index contributed by atoms with van der Waals surface area (Å²) in [6, 6.07) is 12.6. The second-order valence-electron chi connectivity index (χ2n) is 6.97. The molecule has 1 aliphatic rings. The van der Waals surface area contributed by atoms with Gasteiger partial charge < -0.3 is 5.32 Å². The Morgan fingerprint density at radius 1 is 1.11 bits per heavy atom. The number of fused-ring (bicyclic) bond motifs is 1. The molecule has 1 aromatic carbocycles. The minimum Gasteiger partial charge on any atom is -0.355 e. The number of rotatable bonds is 4. The first-order valence-electron chi connectivity index (χ1n) is 9.52. The molecule has 2 N–H and O–H groups in total. The van der Waals surface area contributed by atoms with Crippen LogP contribution in [-0.2, 0) is 7.05 Å². The van der Waals surface area contributed by atoms with Gasteiger partial charge in [-0.25, -0.2) is 14.4 Å². The second-order valence-corrected chi connectivity index (χ2v) is 6.97. The van der Waals surface area contributed by atoms with Crippen molar-refractivity contribution in [1.82, 2.24) is 15.3 Å². The topological polar surface area (TPSA) is 57.8 Å². The third-order valence-electron chi connectivity index (χ3n) is 4.77. The lowest BCUT2D eigenvalue weighted by Gasteiger charge is -2.12. The van der Waals surface area contributed by atoms with Gasteiger partial charge in [0.1, 0.15) is 6.20 Å². The Balaban J connectivity index is 1.43. The molecule has 0 unspecified atom stereocenters. The van der Waals surface area contributed by atoms with Gasteiger partial charge in [0, 0.05) is 19.2 Å². The van der Waals surface area contributed by atoms with E-state index in [1.807, 2.05) is 0 Å². The van der Waals surface area contributed by atoms with Gasteiger partial charge in [0.2, 0.25) is 5.96 Å². The zero-order chi connectivity index (χ0) is 19.3. The summed E-state index contributed by atoms with van der Waals surface area (Å²) in [5, 5.41) is 7.42. The van der Waals surface area contributed by atoms with Crippen LogP contribution in [0.25, 0.3) is 17.8 Å². The summed E-state index contributed by atoms with van der Waals surface area (Å²) < 4.78 is 4.34. The summed E-state index contributed by atoms with van der Waals surface area (Å²) >= 11 is 0. The number of hydrogen-bond donors (Lipinski definition) is 2. The minimum absolute atomic E-state index is 0.741. The number of hydrazone groups is 1. The summed E-state index contributed by atoms with van der Waals surface area (Å²) in [5.74, 6) is 0.741. The van der Waals surface area contributed by atoms with Gasteiger partial charge in [-0.05, 0) is 42.2 Å². The van der Waals surface area contributed by atoms with Crippen LogP contribution in [0.5, 0.6) is 0 Å². The van der Waals surface area contributed by atoms with Gasteiger partial charge in [-0.1, -0.05) is 30.3 Å². The van der Waals surface area contributed by atoms with Crippen LogP contribution in [0.2, 0.25) is 0 Å². The average Bonchev–Trinajstić information content (AvgIpc) is 3.03. The number of guanidine groups is 1. The number of aryl methyl sites for hydroxylation is 2. The van der Waals surface area contributed by atoms with Crippen molar-refractivity contribution >= 4 is 30.0 Å². The van der Waals surface area contributed by atoms with Crippen molar-refractivity contribution in [3.63, 3.8) is 0 Å². The average molecular weight is 373 g/mol. The summed E-state index contributed by atoms with van der Waals surface area (Å²) in [6.07, 6.45) is 11.4. The van der Waals surface area contributed by atoms with Crippen LogP contribution < -0.4 is 15.1 Å². The quantitative estimate of drug-likeness (QED) is 0.419. The molecule has 28 heavy (non-hydrogen) atoms. The Hall–Kier alpha value is -3.41. The molecule has 0 bridgehead atoms. The lowest BCUT2D eigenvalue weighted by molar-refractivity contribution is -0.511. The fourth-order valence-electron chi connectivity index (χ4n) is 3.18. The SMILES string of the molecule is Cc1ccc2n(C)c(/C=C/c3ccc(/C=N/NC4=NCCCN4)cc3)c[n+]2c1. The van der Waals surface area contributed by atoms with Crippen LogP contribution in [0.15, 0.2) is 58.9 Å². The standard InChI is InChI=1S/C22H25N6/c1-17-4-11-21-27(2)20(16-28(21)15-17)10-9-18-5-7-19(8-6-18)14-25-26-22-23-12-3-13-24-22/h4-11,14-16H,3,12-13H2,1-2H3,(H2,23,24,26)/q+1/b10-9+,25-14+. The number of aliphatic imine (C=N–C) groups is 1. The molecule has 142 valence electrons. The predicted octanol–water partition coefficient (Wildman–Crippen LogP) is 2.52. The van der Waals surface area contributed by atoms with Crippen LogP contribution in [0, 0.1) is 6.92 Å². The number of nitrogens with one attached hydrogen (secondary N) is 2. The molecule has 0 aliphatic carbocycles. The van der Waals surface area contributed by atoms with E-state index < -0.39 is 0 Å². The van der Waals surface area contributed by atoms with Crippen molar-refractivity contribution < 1.29 is 4.40 Å². The molecule has 0 saturated heterocycles. The molecule has 0 saturated carbocycles. The van der Waals surface area contributed by atoms with Gasteiger partial charge in [0.05, 0.1) is 19.5 Å². The van der Waals surface area contributed by atoms with E-state index in [4.69, 9.17) is 0 Å². The first-order chi connectivity index (χ1) is 13.7. The van der Waals surface area contributed by atoms with E-state index in [2.05, 4.69) is 105 Å². The number of hydrogen-bond acceptors (Lipinski definition) is 4. The van der Waals surface area contributed by atoms with E-state index in [0.29, 0.717) is 0 Å². The van der Waals surface area contributed by atoms with Gasteiger partial charge in [-0.15, -0.1) is 0 Å². The molecule has 0 amide bonds. The third kappa shape index (κ3) is 4.11. The number of pyridine rings is 1. The molecule has 0 fully saturated rings. The number of nitrogens with zero attached hydrogens (tertiary/aromatic N) is 4. The summed E-state index contributed by atoms with van der Waals surface area (Å²) in [5.41, 5.74) is 8.70. The van der Waals surface area contributed by atoms with E-state index in [9.17, 15) is 0 Å². The molecule has 6 heteroatoms. The van der Waals surface area contributed by atoms with Crippen molar-refractivity contribution in [2.45, 2.75) is 13.3 Å². The molecule has 0 spiro atoms. The molecule has 6 nitrogen and oxygen atoms in total. The molecule has 1 aliphatic heterocycles. The maximum Gasteiger partial charge on any atom is 0.286 e. The zero-order valence-corrected chi connectivity index (χ0v) is 16.3. The predicted molar refractivity (Wildman–Crippen MR) is 114 cm³/mol. The normalized spacial score (nSPS) is 14.6. The number of imidazole rings is 1. The largest absolute Gasteiger partial charge is 0.355 e. The highest BCUT2D eigenvalue weighted by molar-refractivity contribution is 5.84. The Morgan fingerprint density at radius 2 is 1.93 bits per heavy atom. The first-order valence-corrected chi connectivity index (χ1v) is 9.52. The monoisotopic (exact) mass is 373 g/mol.